The Morgan fingerprint density at radius 2 is 1.78 bits per heavy atom. The monoisotopic (exact) mass is 327 g/mol. The molecule has 0 radical (unpaired) electrons. The number of ether oxygens (including phenoxy) is 1. The number of carbonyl (C=O) groups excluding carboxylic acids is 1. The van der Waals surface area contributed by atoms with Gasteiger partial charge in [-0.05, 0) is 68.3 Å². The highest BCUT2D eigenvalue weighted by Gasteiger charge is 2.16. The van der Waals surface area contributed by atoms with E-state index in [4.69, 9.17) is 4.74 Å². The second-order valence-corrected chi connectivity index (χ2v) is 6.55. The summed E-state index contributed by atoms with van der Waals surface area (Å²) in [6.07, 6.45) is 7.13. The maximum absolute atomic E-state index is 12.4. The molecule has 2 aromatic rings. The summed E-state index contributed by atoms with van der Waals surface area (Å²) in [6, 6.07) is 15.3. The van der Waals surface area contributed by atoms with Gasteiger partial charge in [0.25, 0.3) is 5.91 Å². The van der Waals surface area contributed by atoms with E-state index in [1.807, 2.05) is 54.8 Å². The normalized spacial score (nSPS) is 14.7. The maximum atomic E-state index is 12.4. The molecule has 0 atom stereocenters. The summed E-state index contributed by atoms with van der Waals surface area (Å²) in [5.74, 6) is 0.791. The van der Waals surface area contributed by atoms with E-state index in [-0.39, 0.29) is 5.91 Å². The second-order valence-electron chi connectivity index (χ2n) is 5.70. The number of anilines is 1. The van der Waals surface area contributed by atoms with Gasteiger partial charge < -0.3 is 10.1 Å². The number of carbonyl (C=O) groups is 1. The van der Waals surface area contributed by atoms with Crippen LogP contribution in [0.2, 0.25) is 0 Å². The average Bonchev–Trinajstić information content (AvgIpc) is 3.09. The first kappa shape index (κ1) is 15.9. The molecule has 0 saturated heterocycles. The Morgan fingerprint density at radius 1 is 1.09 bits per heavy atom. The Bertz CT molecular complexity index is 663. The van der Waals surface area contributed by atoms with Crippen molar-refractivity contribution in [2.45, 2.75) is 36.7 Å². The fraction of sp³-hybridized carbons (Fsp3) is 0.316. The van der Waals surface area contributed by atoms with Crippen LogP contribution in [-0.2, 0) is 0 Å². The third-order valence-corrected chi connectivity index (χ3v) is 4.86. The van der Waals surface area contributed by atoms with Crippen LogP contribution in [0.5, 0.6) is 5.75 Å². The predicted molar refractivity (Wildman–Crippen MR) is 95.5 cm³/mol. The van der Waals surface area contributed by atoms with Crippen LogP contribution in [0.3, 0.4) is 0 Å². The fourth-order valence-corrected chi connectivity index (χ4v) is 3.44. The Balaban J connectivity index is 1.64. The highest BCUT2D eigenvalue weighted by Crippen LogP contribution is 2.25. The molecule has 0 heterocycles. The first-order valence-corrected chi connectivity index (χ1v) is 9.20. The molecule has 120 valence electrons. The number of hydrogen-bond acceptors (Lipinski definition) is 3. The van der Waals surface area contributed by atoms with Crippen molar-refractivity contribution in [1.29, 1.82) is 0 Å². The summed E-state index contributed by atoms with van der Waals surface area (Å²) in [5.41, 5.74) is 1.48. The smallest absolute Gasteiger partial charge is 0.256 e. The minimum Gasteiger partial charge on any atom is -0.490 e. The van der Waals surface area contributed by atoms with Gasteiger partial charge in [0.1, 0.15) is 5.75 Å². The number of thioether (sulfide) groups is 1. The van der Waals surface area contributed by atoms with Gasteiger partial charge in [-0.2, -0.15) is 0 Å². The number of amides is 1. The molecule has 0 aromatic heterocycles. The van der Waals surface area contributed by atoms with Gasteiger partial charge in [0.15, 0.2) is 0 Å². The summed E-state index contributed by atoms with van der Waals surface area (Å²) in [5, 5.41) is 2.95. The standard InChI is InChI=1S/C19H21NO2S/c1-23-18-9-5-4-8-17(18)19(21)20-14-10-12-16(13-11-14)22-15-6-2-3-7-15/h4-5,8-13,15H,2-3,6-7H2,1H3,(H,20,21). The first-order chi connectivity index (χ1) is 11.3. The molecule has 2 aromatic carbocycles. The minimum atomic E-state index is -0.0839. The lowest BCUT2D eigenvalue weighted by molar-refractivity contribution is 0.102. The van der Waals surface area contributed by atoms with Gasteiger partial charge in [0.2, 0.25) is 0 Å². The minimum absolute atomic E-state index is 0.0839. The summed E-state index contributed by atoms with van der Waals surface area (Å²) in [6.45, 7) is 0. The molecule has 23 heavy (non-hydrogen) atoms. The van der Waals surface area contributed by atoms with Crippen LogP contribution in [0.4, 0.5) is 5.69 Å². The highest BCUT2D eigenvalue weighted by molar-refractivity contribution is 7.98. The predicted octanol–water partition coefficient (Wildman–Crippen LogP) is 4.98. The van der Waals surface area contributed by atoms with Crippen molar-refractivity contribution in [3.05, 3.63) is 54.1 Å². The van der Waals surface area contributed by atoms with E-state index in [1.54, 1.807) is 11.8 Å². The molecule has 1 N–H and O–H groups in total. The molecule has 1 aliphatic carbocycles. The van der Waals surface area contributed by atoms with Gasteiger partial charge in [-0.25, -0.2) is 0 Å². The van der Waals surface area contributed by atoms with Gasteiger partial charge in [0, 0.05) is 10.6 Å². The quantitative estimate of drug-likeness (QED) is 0.787. The zero-order valence-electron chi connectivity index (χ0n) is 13.2. The number of benzene rings is 2. The van der Waals surface area contributed by atoms with Crippen molar-refractivity contribution in [2.24, 2.45) is 0 Å². The van der Waals surface area contributed by atoms with Crippen molar-refractivity contribution in [1.82, 2.24) is 0 Å². The van der Waals surface area contributed by atoms with Crippen LogP contribution in [0, 0.1) is 0 Å². The van der Waals surface area contributed by atoms with Crippen molar-refractivity contribution in [2.75, 3.05) is 11.6 Å². The van der Waals surface area contributed by atoms with E-state index < -0.39 is 0 Å². The third-order valence-electron chi connectivity index (χ3n) is 4.07. The SMILES string of the molecule is CSc1ccccc1C(=O)Nc1ccc(OC2CCCC2)cc1. The Labute approximate surface area is 141 Å². The molecule has 0 unspecified atom stereocenters. The van der Waals surface area contributed by atoms with Crippen LogP contribution in [0.1, 0.15) is 36.0 Å². The van der Waals surface area contributed by atoms with Crippen LogP contribution in [-0.4, -0.2) is 18.3 Å². The molecular weight excluding hydrogens is 306 g/mol. The maximum Gasteiger partial charge on any atom is 0.256 e. The zero-order valence-corrected chi connectivity index (χ0v) is 14.1. The van der Waals surface area contributed by atoms with E-state index in [0.29, 0.717) is 11.7 Å². The number of nitrogens with one attached hydrogen (secondary N) is 1. The molecule has 0 spiro atoms. The van der Waals surface area contributed by atoms with Crippen LogP contribution in [0.25, 0.3) is 0 Å². The van der Waals surface area contributed by atoms with Gasteiger partial charge in [-0.15, -0.1) is 11.8 Å². The molecule has 1 aliphatic rings. The van der Waals surface area contributed by atoms with E-state index in [1.165, 1.54) is 12.8 Å². The molecule has 0 aliphatic heterocycles. The average molecular weight is 327 g/mol. The topological polar surface area (TPSA) is 38.3 Å². The number of rotatable bonds is 5. The summed E-state index contributed by atoms with van der Waals surface area (Å²) < 4.78 is 5.94. The molecule has 0 bridgehead atoms. The van der Waals surface area contributed by atoms with E-state index in [0.717, 1.165) is 29.2 Å². The van der Waals surface area contributed by atoms with Gasteiger partial charge in [-0.1, -0.05) is 12.1 Å². The Morgan fingerprint density at radius 3 is 2.48 bits per heavy atom. The number of hydrogen-bond donors (Lipinski definition) is 1. The summed E-state index contributed by atoms with van der Waals surface area (Å²) >= 11 is 1.57. The van der Waals surface area contributed by atoms with Crippen LogP contribution in [0.15, 0.2) is 53.4 Å². The van der Waals surface area contributed by atoms with Crippen molar-refractivity contribution in [3.63, 3.8) is 0 Å². The van der Waals surface area contributed by atoms with E-state index in [9.17, 15) is 4.79 Å². The lowest BCUT2D eigenvalue weighted by Gasteiger charge is -2.13. The fourth-order valence-electron chi connectivity index (χ4n) is 2.85. The van der Waals surface area contributed by atoms with Crippen molar-refractivity contribution in [3.8, 4) is 5.75 Å². The first-order valence-electron chi connectivity index (χ1n) is 7.97. The van der Waals surface area contributed by atoms with E-state index in [2.05, 4.69) is 5.32 Å². The summed E-state index contributed by atoms with van der Waals surface area (Å²) in [7, 11) is 0. The second kappa shape index (κ2) is 7.55. The molecule has 1 fully saturated rings. The van der Waals surface area contributed by atoms with E-state index >= 15 is 0 Å². The molecule has 1 amide bonds. The highest BCUT2D eigenvalue weighted by atomic mass is 32.2. The van der Waals surface area contributed by atoms with Crippen molar-refractivity contribution < 1.29 is 9.53 Å². The molecule has 3 rings (SSSR count). The molecular formula is C19H21NO2S. The molecule has 3 nitrogen and oxygen atoms in total. The Kier molecular flexibility index (Phi) is 5.23. The lowest BCUT2D eigenvalue weighted by atomic mass is 10.2. The zero-order chi connectivity index (χ0) is 16.1. The van der Waals surface area contributed by atoms with Crippen LogP contribution < -0.4 is 10.1 Å². The Hall–Kier alpha value is -1.94. The van der Waals surface area contributed by atoms with Crippen LogP contribution >= 0.6 is 11.8 Å². The molecule has 4 heteroatoms. The largest absolute Gasteiger partial charge is 0.490 e. The molecule has 1 saturated carbocycles. The van der Waals surface area contributed by atoms with Gasteiger partial charge in [-0.3, -0.25) is 4.79 Å². The van der Waals surface area contributed by atoms with Gasteiger partial charge >= 0.3 is 0 Å². The van der Waals surface area contributed by atoms with Gasteiger partial charge in [0.05, 0.1) is 11.7 Å². The summed E-state index contributed by atoms with van der Waals surface area (Å²) in [4.78, 5) is 13.4. The lowest BCUT2D eigenvalue weighted by Crippen LogP contribution is -2.13. The third kappa shape index (κ3) is 4.08. The van der Waals surface area contributed by atoms with Crippen molar-refractivity contribution >= 4 is 23.4 Å².